The van der Waals surface area contributed by atoms with Crippen molar-refractivity contribution in [1.82, 2.24) is 4.57 Å². The Morgan fingerprint density at radius 1 is 1.17 bits per heavy atom. The molecule has 3 rings (SSSR count). The number of benzene rings is 2. The van der Waals surface area contributed by atoms with Crippen LogP contribution in [0.4, 0.5) is 10.2 Å². The summed E-state index contributed by atoms with van der Waals surface area (Å²) in [6.45, 7) is 2.94. The third-order valence-corrected chi connectivity index (χ3v) is 4.91. The molecule has 0 atom stereocenters. The number of anilines is 1. The molecule has 0 spiro atoms. The number of ether oxygens (including phenoxy) is 1. The molecule has 1 amide bonds. The third-order valence-electron chi connectivity index (χ3n) is 4.60. The number of hydrogen-bond acceptors (Lipinski definition) is 4. The van der Waals surface area contributed by atoms with Gasteiger partial charge in [-0.2, -0.15) is 5.26 Å². The molecule has 0 saturated heterocycles. The molecule has 152 valence electrons. The number of rotatable bonds is 5. The summed E-state index contributed by atoms with van der Waals surface area (Å²) in [6, 6.07) is 15.1. The summed E-state index contributed by atoms with van der Waals surface area (Å²) < 4.78 is 20.5. The molecule has 0 saturated carbocycles. The lowest BCUT2D eigenvalue weighted by atomic mass is 10.2. The van der Waals surface area contributed by atoms with Gasteiger partial charge in [0.15, 0.2) is 6.61 Å². The molecule has 0 aliphatic heterocycles. The van der Waals surface area contributed by atoms with E-state index >= 15 is 0 Å². The number of halogens is 2. The van der Waals surface area contributed by atoms with Gasteiger partial charge in [0.2, 0.25) is 0 Å². The van der Waals surface area contributed by atoms with E-state index in [0.717, 1.165) is 17.4 Å². The van der Waals surface area contributed by atoms with E-state index in [1.54, 1.807) is 11.5 Å². The van der Waals surface area contributed by atoms with Crippen molar-refractivity contribution < 1.29 is 18.7 Å². The summed E-state index contributed by atoms with van der Waals surface area (Å²) in [5.74, 6) is -2.31. The molecule has 8 heteroatoms. The number of esters is 1. The molecule has 2 aromatic carbocycles. The average molecular weight is 426 g/mol. The van der Waals surface area contributed by atoms with Gasteiger partial charge in [-0.15, -0.1) is 0 Å². The Kier molecular flexibility index (Phi) is 6.19. The SMILES string of the molecule is Cc1c(C#N)c(NC(=O)COC(=O)c2c(F)cccc2Cl)n(-c2ccccc2)c1C. The maximum Gasteiger partial charge on any atom is 0.343 e. The van der Waals surface area contributed by atoms with Gasteiger partial charge in [-0.05, 0) is 43.7 Å². The molecule has 0 bridgehead atoms. The molecule has 3 aromatic rings. The second-order valence-corrected chi connectivity index (χ2v) is 6.84. The van der Waals surface area contributed by atoms with Crippen molar-refractivity contribution in [3.05, 3.63) is 81.8 Å². The lowest BCUT2D eigenvalue weighted by molar-refractivity contribution is -0.119. The Labute approximate surface area is 177 Å². The number of carbonyl (C=O) groups is 2. The van der Waals surface area contributed by atoms with E-state index in [1.807, 2.05) is 37.3 Å². The van der Waals surface area contributed by atoms with E-state index in [4.69, 9.17) is 16.3 Å². The Balaban J connectivity index is 1.83. The van der Waals surface area contributed by atoms with Crippen LogP contribution in [-0.2, 0) is 9.53 Å². The fourth-order valence-corrected chi connectivity index (χ4v) is 3.27. The zero-order valence-electron chi connectivity index (χ0n) is 16.2. The summed E-state index contributed by atoms with van der Waals surface area (Å²) >= 11 is 5.84. The van der Waals surface area contributed by atoms with Crippen molar-refractivity contribution in [2.75, 3.05) is 11.9 Å². The number of nitrogens with zero attached hydrogens (tertiary/aromatic N) is 2. The van der Waals surface area contributed by atoms with Gasteiger partial charge in [0, 0.05) is 11.4 Å². The van der Waals surface area contributed by atoms with Crippen molar-refractivity contribution in [3.8, 4) is 11.8 Å². The Bertz CT molecular complexity index is 1150. The monoisotopic (exact) mass is 425 g/mol. The molecule has 30 heavy (non-hydrogen) atoms. The maximum absolute atomic E-state index is 13.8. The quantitative estimate of drug-likeness (QED) is 0.607. The summed E-state index contributed by atoms with van der Waals surface area (Å²) in [7, 11) is 0. The zero-order chi connectivity index (χ0) is 21.8. The fourth-order valence-electron chi connectivity index (χ4n) is 3.02. The van der Waals surface area contributed by atoms with Crippen molar-refractivity contribution in [2.24, 2.45) is 0 Å². The zero-order valence-corrected chi connectivity index (χ0v) is 17.0. The van der Waals surface area contributed by atoms with Crippen molar-refractivity contribution in [3.63, 3.8) is 0 Å². The van der Waals surface area contributed by atoms with Gasteiger partial charge in [0.1, 0.15) is 23.3 Å². The van der Waals surface area contributed by atoms with E-state index in [1.165, 1.54) is 12.1 Å². The van der Waals surface area contributed by atoms with E-state index in [-0.39, 0.29) is 10.8 Å². The van der Waals surface area contributed by atoms with Gasteiger partial charge >= 0.3 is 5.97 Å². The van der Waals surface area contributed by atoms with Gasteiger partial charge in [0.25, 0.3) is 5.91 Å². The molecule has 1 N–H and O–H groups in total. The molecule has 0 radical (unpaired) electrons. The van der Waals surface area contributed by atoms with E-state index in [9.17, 15) is 19.2 Å². The summed E-state index contributed by atoms with van der Waals surface area (Å²) in [4.78, 5) is 24.6. The average Bonchev–Trinajstić information content (AvgIpc) is 2.96. The smallest absolute Gasteiger partial charge is 0.343 e. The van der Waals surface area contributed by atoms with Gasteiger partial charge in [-0.3, -0.25) is 9.36 Å². The first-order valence-corrected chi connectivity index (χ1v) is 9.31. The third kappa shape index (κ3) is 4.04. The lowest BCUT2D eigenvalue weighted by Crippen LogP contribution is -2.23. The first kappa shape index (κ1) is 21.1. The minimum absolute atomic E-state index is 0.114. The second-order valence-electron chi connectivity index (χ2n) is 6.44. The van der Waals surface area contributed by atoms with Crippen LogP contribution in [0, 0.1) is 31.0 Å². The first-order valence-electron chi connectivity index (χ1n) is 8.93. The van der Waals surface area contributed by atoms with Crippen molar-refractivity contribution in [2.45, 2.75) is 13.8 Å². The predicted octanol–water partition coefficient (Wildman–Crippen LogP) is 4.55. The molecule has 0 aliphatic carbocycles. The number of nitriles is 1. The minimum atomic E-state index is -1.06. The number of para-hydroxylation sites is 1. The number of aromatic nitrogens is 1. The Morgan fingerprint density at radius 3 is 2.50 bits per heavy atom. The van der Waals surface area contributed by atoms with Gasteiger partial charge in [0.05, 0.1) is 10.6 Å². The van der Waals surface area contributed by atoms with Crippen LogP contribution in [0.25, 0.3) is 5.69 Å². The van der Waals surface area contributed by atoms with Crippen molar-refractivity contribution in [1.29, 1.82) is 5.26 Å². The number of nitrogens with one attached hydrogen (secondary N) is 1. The van der Waals surface area contributed by atoms with E-state index < -0.39 is 29.9 Å². The number of carbonyl (C=O) groups excluding carboxylic acids is 2. The highest BCUT2D eigenvalue weighted by atomic mass is 35.5. The van der Waals surface area contributed by atoms with Gasteiger partial charge < -0.3 is 10.1 Å². The van der Waals surface area contributed by atoms with E-state index in [0.29, 0.717) is 11.1 Å². The van der Waals surface area contributed by atoms with Crippen LogP contribution in [0.5, 0.6) is 0 Å². The largest absolute Gasteiger partial charge is 0.452 e. The lowest BCUT2D eigenvalue weighted by Gasteiger charge is -2.13. The molecular weight excluding hydrogens is 409 g/mol. The van der Waals surface area contributed by atoms with Gasteiger partial charge in [-0.25, -0.2) is 9.18 Å². The molecule has 0 unspecified atom stereocenters. The van der Waals surface area contributed by atoms with Crippen LogP contribution in [-0.4, -0.2) is 23.1 Å². The minimum Gasteiger partial charge on any atom is -0.452 e. The van der Waals surface area contributed by atoms with E-state index in [2.05, 4.69) is 11.4 Å². The summed E-state index contributed by atoms with van der Waals surface area (Å²) in [5.41, 5.74) is 2.11. The molecular formula is C22H17ClFN3O3. The second kappa shape index (κ2) is 8.80. The molecule has 0 aliphatic rings. The normalized spacial score (nSPS) is 10.4. The molecule has 1 aromatic heterocycles. The highest BCUT2D eigenvalue weighted by Crippen LogP contribution is 2.30. The summed E-state index contributed by atoms with van der Waals surface area (Å²) in [5, 5.41) is 12.1. The van der Waals surface area contributed by atoms with Crippen molar-refractivity contribution >= 4 is 29.3 Å². The standard InChI is InChI=1S/C22H17ClFN3O3/c1-13-14(2)27(15-7-4-3-5-8-15)21(16(13)11-25)26-19(28)12-30-22(29)20-17(23)9-6-10-18(20)24/h3-10H,12H2,1-2H3,(H,26,28). The Morgan fingerprint density at radius 2 is 1.87 bits per heavy atom. The first-order chi connectivity index (χ1) is 14.3. The maximum atomic E-state index is 13.8. The fraction of sp³-hybridized carbons (Fsp3) is 0.136. The summed E-state index contributed by atoms with van der Waals surface area (Å²) in [6.07, 6.45) is 0. The Hall–Kier alpha value is -3.63. The van der Waals surface area contributed by atoms with Crippen LogP contribution in [0.15, 0.2) is 48.5 Å². The molecule has 1 heterocycles. The highest BCUT2D eigenvalue weighted by molar-refractivity contribution is 6.33. The van der Waals surface area contributed by atoms with Crippen LogP contribution >= 0.6 is 11.6 Å². The van der Waals surface area contributed by atoms with Crippen LogP contribution < -0.4 is 5.32 Å². The topological polar surface area (TPSA) is 84.1 Å². The van der Waals surface area contributed by atoms with Crippen LogP contribution in [0.2, 0.25) is 5.02 Å². The predicted molar refractivity (Wildman–Crippen MR) is 110 cm³/mol. The van der Waals surface area contributed by atoms with Crippen LogP contribution in [0.1, 0.15) is 27.2 Å². The number of amides is 1. The van der Waals surface area contributed by atoms with Crippen LogP contribution in [0.3, 0.4) is 0 Å². The highest BCUT2D eigenvalue weighted by Gasteiger charge is 2.22. The molecule has 0 fully saturated rings. The number of hydrogen-bond donors (Lipinski definition) is 1. The molecule has 6 nitrogen and oxygen atoms in total. The van der Waals surface area contributed by atoms with Gasteiger partial charge in [-0.1, -0.05) is 35.9 Å².